The fraction of sp³-hybridized carbons (Fsp3) is 0.154. The fourth-order valence-corrected chi connectivity index (χ4v) is 2.71. The van der Waals surface area contributed by atoms with E-state index in [0.717, 1.165) is 11.3 Å². The molecule has 1 heterocycles. The van der Waals surface area contributed by atoms with E-state index < -0.39 is 17.7 Å². The first kappa shape index (κ1) is 15.4. The van der Waals surface area contributed by atoms with Crippen LogP contribution in [0.3, 0.4) is 0 Å². The number of carbonyl (C=O) groups is 2. The van der Waals surface area contributed by atoms with Gasteiger partial charge >= 0.3 is 5.97 Å². The largest absolute Gasteiger partial charge is 0.481 e. The van der Waals surface area contributed by atoms with Crippen molar-refractivity contribution in [3.63, 3.8) is 0 Å². The monoisotopic (exact) mass is 328 g/mol. The summed E-state index contributed by atoms with van der Waals surface area (Å²) < 4.78 is 13.0. The van der Waals surface area contributed by atoms with Gasteiger partial charge in [0.25, 0.3) is 0 Å². The molecule has 1 aromatic heterocycles. The second-order valence-corrected chi connectivity index (χ2v) is 5.40. The summed E-state index contributed by atoms with van der Waals surface area (Å²) in [7, 11) is 0. The van der Waals surface area contributed by atoms with Gasteiger partial charge in [0.1, 0.15) is 11.7 Å². The number of amides is 1. The molecule has 2 rings (SSSR count). The van der Waals surface area contributed by atoms with Crippen LogP contribution in [0.1, 0.15) is 4.88 Å². The van der Waals surface area contributed by atoms with Gasteiger partial charge in [0, 0.05) is 10.4 Å². The number of nitrogens with zero attached hydrogens (tertiary/aromatic N) is 1. The number of hydrogen-bond donors (Lipinski definition) is 2. The molecule has 0 atom stereocenters. The molecule has 0 spiro atoms. The van der Waals surface area contributed by atoms with Gasteiger partial charge in [-0.3, -0.25) is 9.59 Å². The predicted molar refractivity (Wildman–Crippen MR) is 78.2 cm³/mol. The maximum Gasteiger partial charge on any atom is 0.308 e. The molecule has 21 heavy (non-hydrogen) atoms. The Kier molecular flexibility index (Phi) is 4.87. The molecule has 2 aromatic rings. The molecule has 0 saturated carbocycles. The highest BCUT2D eigenvalue weighted by molar-refractivity contribution is 7.16. The molecule has 0 aliphatic heterocycles. The number of aliphatic carboxylic acids is 1. The number of benzene rings is 1. The first-order valence-corrected chi connectivity index (χ1v) is 7.18. The maximum atomic E-state index is 13.0. The Morgan fingerprint density at radius 1 is 1.33 bits per heavy atom. The molecule has 110 valence electrons. The third-order valence-electron chi connectivity index (χ3n) is 2.49. The van der Waals surface area contributed by atoms with E-state index in [2.05, 4.69) is 10.3 Å². The number of carboxylic acids is 1. The molecular formula is C13H10ClFN2O3S. The van der Waals surface area contributed by atoms with Crippen LogP contribution in [0.4, 0.5) is 9.52 Å². The first-order valence-electron chi connectivity index (χ1n) is 5.83. The van der Waals surface area contributed by atoms with E-state index in [1.165, 1.54) is 24.3 Å². The second kappa shape index (κ2) is 6.64. The molecule has 1 aromatic carbocycles. The molecule has 1 amide bonds. The van der Waals surface area contributed by atoms with Crippen LogP contribution in [-0.4, -0.2) is 27.8 Å². The fourth-order valence-electron chi connectivity index (χ4n) is 1.65. The number of anilines is 1. The quantitative estimate of drug-likeness (QED) is 0.827. The van der Waals surface area contributed by atoms with E-state index in [1.807, 2.05) is 0 Å². The van der Waals surface area contributed by atoms with Gasteiger partial charge in [0.15, 0.2) is 5.13 Å². The SMILES string of the molecule is O=C(O)Cc1sc(NC(=O)CCl)nc1-c1ccc(F)cc1. The van der Waals surface area contributed by atoms with Crippen molar-refractivity contribution in [3.05, 3.63) is 35.0 Å². The Morgan fingerprint density at radius 3 is 2.57 bits per heavy atom. The summed E-state index contributed by atoms with van der Waals surface area (Å²) in [6.45, 7) is 0. The van der Waals surface area contributed by atoms with Gasteiger partial charge in [-0.2, -0.15) is 0 Å². The number of thiazole rings is 1. The Balaban J connectivity index is 2.39. The lowest BCUT2D eigenvalue weighted by Crippen LogP contribution is -2.12. The zero-order chi connectivity index (χ0) is 15.4. The lowest BCUT2D eigenvalue weighted by atomic mass is 10.1. The number of carboxylic acid groups (broad SMARTS) is 1. The third kappa shape index (κ3) is 3.99. The summed E-state index contributed by atoms with van der Waals surface area (Å²) in [5.41, 5.74) is 0.988. The van der Waals surface area contributed by atoms with Crippen LogP contribution in [0.15, 0.2) is 24.3 Å². The minimum absolute atomic E-state index is 0.222. The molecule has 2 N–H and O–H groups in total. The van der Waals surface area contributed by atoms with Gasteiger partial charge < -0.3 is 10.4 Å². The van der Waals surface area contributed by atoms with Crippen LogP contribution in [-0.2, 0) is 16.0 Å². The molecule has 0 aliphatic carbocycles. The zero-order valence-electron chi connectivity index (χ0n) is 10.6. The molecule has 0 aliphatic rings. The number of alkyl halides is 1. The van der Waals surface area contributed by atoms with E-state index in [9.17, 15) is 14.0 Å². The molecule has 8 heteroatoms. The number of halogens is 2. The van der Waals surface area contributed by atoms with Crippen molar-refractivity contribution < 1.29 is 19.1 Å². The summed E-state index contributed by atoms with van der Waals surface area (Å²) in [6.07, 6.45) is -0.235. The van der Waals surface area contributed by atoms with Crippen molar-refractivity contribution in [3.8, 4) is 11.3 Å². The zero-order valence-corrected chi connectivity index (χ0v) is 12.2. The van der Waals surface area contributed by atoms with Gasteiger partial charge in [0.05, 0.1) is 12.1 Å². The molecule has 0 radical (unpaired) electrons. The van der Waals surface area contributed by atoms with Crippen LogP contribution in [0.5, 0.6) is 0 Å². The van der Waals surface area contributed by atoms with Gasteiger partial charge in [-0.05, 0) is 24.3 Å². The average molecular weight is 329 g/mol. The minimum Gasteiger partial charge on any atom is -0.481 e. The van der Waals surface area contributed by atoms with E-state index in [4.69, 9.17) is 16.7 Å². The van der Waals surface area contributed by atoms with Gasteiger partial charge in [0.2, 0.25) is 5.91 Å². The van der Waals surface area contributed by atoms with E-state index in [0.29, 0.717) is 16.1 Å². The summed E-state index contributed by atoms with van der Waals surface area (Å²) in [4.78, 5) is 26.8. The first-order chi connectivity index (χ1) is 9.99. The Morgan fingerprint density at radius 2 is 2.00 bits per heavy atom. The normalized spacial score (nSPS) is 10.4. The van der Waals surface area contributed by atoms with Crippen LogP contribution in [0, 0.1) is 5.82 Å². The molecule has 0 saturated heterocycles. The highest BCUT2D eigenvalue weighted by atomic mass is 35.5. The number of aromatic nitrogens is 1. The van der Waals surface area contributed by atoms with Crippen LogP contribution in [0.25, 0.3) is 11.3 Å². The number of hydrogen-bond acceptors (Lipinski definition) is 4. The predicted octanol–water partition coefficient (Wildman–Crippen LogP) is 2.75. The number of rotatable bonds is 5. The third-order valence-corrected chi connectivity index (χ3v) is 3.71. The van der Waals surface area contributed by atoms with Crippen LogP contribution in [0.2, 0.25) is 0 Å². The van der Waals surface area contributed by atoms with Crippen LogP contribution < -0.4 is 5.32 Å². The van der Waals surface area contributed by atoms with Gasteiger partial charge in [-0.1, -0.05) is 0 Å². The smallest absolute Gasteiger partial charge is 0.308 e. The topological polar surface area (TPSA) is 79.3 Å². The lowest BCUT2D eigenvalue weighted by molar-refractivity contribution is -0.136. The molecular weight excluding hydrogens is 319 g/mol. The van der Waals surface area contributed by atoms with Crippen LogP contribution >= 0.6 is 22.9 Å². The van der Waals surface area contributed by atoms with Gasteiger partial charge in [-0.25, -0.2) is 9.37 Å². The number of carbonyl (C=O) groups excluding carboxylic acids is 1. The van der Waals surface area contributed by atoms with Crippen molar-refractivity contribution in [2.24, 2.45) is 0 Å². The molecule has 0 fully saturated rings. The highest BCUT2D eigenvalue weighted by Crippen LogP contribution is 2.31. The van der Waals surface area contributed by atoms with Crippen molar-refractivity contribution in [2.45, 2.75) is 6.42 Å². The van der Waals surface area contributed by atoms with E-state index in [1.54, 1.807) is 0 Å². The lowest BCUT2D eigenvalue weighted by Gasteiger charge is -2.00. The summed E-state index contributed by atoms with van der Waals surface area (Å²) in [6, 6.07) is 5.53. The van der Waals surface area contributed by atoms with Crippen molar-refractivity contribution in [1.82, 2.24) is 4.98 Å². The molecule has 0 unspecified atom stereocenters. The van der Waals surface area contributed by atoms with E-state index in [-0.39, 0.29) is 17.4 Å². The Bertz CT molecular complexity index is 673. The van der Waals surface area contributed by atoms with Gasteiger partial charge in [-0.15, -0.1) is 22.9 Å². The summed E-state index contributed by atoms with van der Waals surface area (Å²) in [5, 5.41) is 11.7. The van der Waals surface area contributed by atoms with E-state index >= 15 is 0 Å². The second-order valence-electron chi connectivity index (χ2n) is 4.05. The maximum absolute atomic E-state index is 13.0. The minimum atomic E-state index is -1.02. The standard InChI is InChI=1S/C13H10ClFN2O3S/c14-6-10(18)16-13-17-12(9(21-13)5-11(19)20)7-1-3-8(15)4-2-7/h1-4H,5-6H2,(H,19,20)(H,16,17,18). The van der Waals surface area contributed by atoms with Crippen molar-refractivity contribution in [1.29, 1.82) is 0 Å². The molecule has 5 nitrogen and oxygen atoms in total. The van der Waals surface area contributed by atoms with Crippen molar-refractivity contribution >= 4 is 39.9 Å². The Labute approximate surface area is 128 Å². The summed E-state index contributed by atoms with van der Waals surface area (Å²) in [5.74, 6) is -2.07. The average Bonchev–Trinajstić information content (AvgIpc) is 2.81. The van der Waals surface area contributed by atoms with Crippen molar-refractivity contribution in [2.75, 3.05) is 11.2 Å². The Hall–Kier alpha value is -1.99. The molecule has 0 bridgehead atoms. The summed E-state index contributed by atoms with van der Waals surface area (Å²) >= 11 is 6.45. The number of nitrogens with one attached hydrogen (secondary N) is 1. The highest BCUT2D eigenvalue weighted by Gasteiger charge is 2.17.